The van der Waals surface area contributed by atoms with Gasteiger partial charge in [-0.3, -0.25) is 0 Å². The van der Waals surface area contributed by atoms with Gasteiger partial charge < -0.3 is 0 Å². The van der Waals surface area contributed by atoms with E-state index in [1.54, 1.807) is 0 Å². The van der Waals surface area contributed by atoms with Crippen molar-refractivity contribution >= 4 is 44.4 Å². The minimum Gasteiger partial charge on any atom is -0.220 e. The highest BCUT2D eigenvalue weighted by molar-refractivity contribution is 7.94. The van der Waals surface area contributed by atoms with Crippen molar-refractivity contribution in [3.8, 4) is 0 Å². The highest BCUT2D eigenvalue weighted by Crippen LogP contribution is 2.37. The lowest BCUT2D eigenvalue weighted by atomic mass is 9.94. The Bertz CT molecular complexity index is 840. The van der Waals surface area contributed by atoms with Crippen molar-refractivity contribution in [1.82, 2.24) is 0 Å². The van der Waals surface area contributed by atoms with Gasteiger partial charge in [0.25, 0.3) is 0 Å². The number of hydrogen-bond donors (Lipinski definition) is 1. The van der Waals surface area contributed by atoms with Crippen molar-refractivity contribution in [1.29, 1.82) is 0 Å². The molecule has 0 fully saturated rings. The van der Waals surface area contributed by atoms with Crippen LogP contribution in [0.25, 0.3) is 32.3 Å². The first-order valence-corrected chi connectivity index (χ1v) is 6.93. The molecule has 4 heteroatoms. The Morgan fingerprint density at radius 3 is 1.90 bits per heavy atom. The summed E-state index contributed by atoms with van der Waals surface area (Å²) in [7, 11) is 0. The summed E-state index contributed by atoms with van der Waals surface area (Å²) >= 11 is 0.985. The lowest BCUT2D eigenvalue weighted by Crippen LogP contribution is -1.85. The van der Waals surface area contributed by atoms with Crippen LogP contribution in [-0.2, 0) is 9.37 Å². The van der Waals surface area contributed by atoms with E-state index in [2.05, 4.69) is 51.8 Å². The molecule has 0 bridgehead atoms. The Hall–Kier alpha value is -1.85. The van der Waals surface area contributed by atoms with Gasteiger partial charge in [-0.2, -0.15) is 0 Å². The molecule has 0 saturated heterocycles. The summed E-state index contributed by atoms with van der Waals surface area (Å²) in [6.45, 7) is 0. The molecule has 4 aromatic rings. The normalized spacial score (nSPS) is 11.8. The molecule has 0 amide bonds. The lowest BCUT2D eigenvalue weighted by Gasteiger charge is -2.11. The summed E-state index contributed by atoms with van der Waals surface area (Å²) in [5.74, 6) is 0. The molecular formula is C16H10O3S. The Morgan fingerprint density at radius 2 is 1.30 bits per heavy atom. The first-order valence-electron chi connectivity index (χ1n) is 6.19. The van der Waals surface area contributed by atoms with Gasteiger partial charge in [-0.1, -0.05) is 47.5 Å². The maximum absolute atomic E-state index is 8.26. The third kappa shape index (κ3) is 1.74. The summed E-state index contributed by atoms with van der Waals surface area (Å²) < 4.78 is 4.52. The summed E-state index contributed by atoms with van der Waals surface area (Å²) in [5.41, 5.74) is 0. The monoisotopic (exact) mass is 282 g/mol. The molecule has 1 N–H and O–H groups in total. The Labute approximate surface area is 119 Å². The summed E-state index contributed by atoms with van der Waals surface area (Å²) in [6, 6.07) is 18.9. The van der Waals surface area contributed by atoms with Crippen LogP contribution in [-0.4, -0.2) is 5.26 Å². The average Bonchev–Trinajstić information content (AvgIpc) is 2.50. The van der Waals surface area contributed by atoms with Crippen molar-refractivity contribution < 1.29 is 14.6 Å². The van der Waals surface area contributed by atoms with Gasteiger partial charge in [-0.15, -0.1) is 4.33 Å². The molecule has 0 saturated carbocycles. The zero-order chi connectivity index (χ0) is 13.5. The van der Waals surface area contributed by atoms with Crippen molar-refractivity contribution in [2.45, 2.75) is 4.90 Å². The smallest absolute Gasteiger partial charge is 0.0714 e. The van der Waals surface area contributed by atoms with Crippen LogP contribution in [0.1, 0.15) is 0 Å². The fourth-order valence-electron chi connectivity index (χ4n) is 2.83. The molecule has 0 heterocycles. The average molecular weight is 282 g/mol. The summed E-state index contributed by atoms with van der Waals surface area (Å²) in [6.07, 6.45) is 0. The van der Waals surface area contributed by atoms with Crippen LogP contribution in [0.2, 0.25) is 0 Å². The predicted octanol–water partition coefficient (Wildman–Crippen LogP) is 5.01. The van der Waals surface area contributed by atoms with Crippen LogP contribution in [0.15, 0.2) is 59.5 Å². The van der Waals surface area contributed by atoms with Crippen molar-refractivity contribution in [3.63, 3.8) is 0 Å². The molecule has 0 atom stereocenters. The van der Waals surface area contributed by atoms with Crippen LogP contribution in [0.5, 0.6) is 0 Å². The Morgan fingerprint density at radius 1 is 0.750 bits per heavy atom. The zero-order valence-electron chi connectivity index (χ0n) is 10.4. The predicted molar refractivity (Wildman–Crippen MR) is 80.8 cm³/mol. The van der Waals surface area contributed by atoms with E-state index in [1.807, 2.05) is 12.1 Å². The molecule has 0 aliphatic heterocycles. The second-order valence-electron chi connectivity index (χ2n) is 4.68. The molecule has 0 aromatic heterocycles. The van der Waals surface area contributed by atoms with Gasteiger partial charge in [-0.05, 0) is 44.5 Å². The van der Waals surface area contributed by atoms with Gasteiger partial charge in [0.1, 0.15) is 0 Å². The fourth-order valence-corrected chi connectivity index (χ4v) is 3.29. The van der Waals surface area contributed by atoms with Gasteiger partial charge in [0.15, 0.2) is 0 Å². The van der Waals surface area contributed by atoms with Crippen LogP contribution in [0, 0.1) is 0 Å². The number of rotatable bonds is 3. The first-order chi connectivity index (χ1) is 9.86. The molecule has 0 radical (unpaired) electrons. The van der Waals surface area contributed by atoms with Crippen molar-refractivity contribution in [2.75, 3.05) is 0 Å². The SMILES string of the molecule is OOOSc1cc2ccc3cccc4ccc(c1)c2c34. The molecule has 0 aliphatic rings. The second kappa shape index (κ2) is 4.61. The van der Waals surface area contributed by atoms with E-state index >= 15 is 0 Å². The molecule has 4 rings (SSSR count). The van der Waals surface area contributed by atoms with E-state index in [1.165, 1.54) is 21.5 Å². The number of benzene rings is 4. The van der Waals surface area contributed by atoms with Crippen molar-refractivity contribution in [3.05, 3.63) is 54.6 Å². The molecule has 98 valence electrons. The van der Waals surface area contributed by atoms with E-state index in [-0.39, 0.29) is 0 Å². The topological polar surface area (TPSA) is 38.7 Å². The Balaban J connectivity index is 2.08. The van der Waals surface area contributed by atoms with E-state index in [0.717, 1.165) is 27.7 Å². The minimum absolute atomic E-state index is 0.880. The third-order valence-corrected chi connectivity index (χ3v) is 4.15. The second-order valence-corrected chi connectivity index (χ2v) is 5.45. The lowest BCUT2D eigenvalue weighted by molar-refractivity contribution is -0.432. The highest BCUT2D eigenvalue weighted by atomic mass is 32.2. The van der Waals surface area contributed by atoms with Crippen LogP contribution in [0.4, 0.5) is 0 Å². The quantitative estimate of drug-likeness (QED) is 0.248. The van der Waals surface area contributed by atoms with Crippen LogP contribution < -0.4 is 0 Å². The third-order valence-electron chi connectivity index (χ3n) is 3.60. The minimum atomic E-state index is 0.880. The molecular weight excluding hydrogens is 272 g/mol. The first kappa shape index (κ1) is 11.9. The standard InChI is InChI=1S/C16H10O3S/c17-18-19-20-14-8-12-6-4-10-2-1-3-11-5-7-13(9-14)16(12)15(10)11/h1-9,17H. The number of hydrogen-bond acceptors (Lipinski definition) is 4. The maximum atomic E-state index is 8.26. The largest absolute Gasteiger partial charge is 0.220 e. The van der Waals surface area contributed by atoms with Gasteiger partial charge in [-0.25, -0.2) is 5.26 Å². The van der Waals surface area contributed by atoms with E-state index in [0.29, 0.717) is 0 Å². The van der Waals surface area contributed by atoms with E-state index in [9.17, 15) is 0 Å². The van der Waals surface area contributed by atoms with Crippen LogP contribution >= 0.6 is 12.0 Å². The van der Waals surface area contributed by atoms with E-state index < -0.39 is 0 Å². The molecule has 4 aromatic carbocycles. The van der Waals surface area contributed by atoms with Gasteiger partial charge in [0.05, 0.1) is 12.0 Å². The molecule has 0 aliphatic carbocycles. The highest BCUT2D eigenvalue weighted by Gasteiger charge is 2.09. The fraction of sp³-hybridized carbons (Fsp3) is 0. The zero-order valence-corrected chi connectivity index (χ0v) is 11.2. The molecule has 0 unspecified atom stereocenters. The van der Waals surface area contributed by atoms with Crippen LogP contribution in [0.3, 0.4) is 0 Å². The van der Waals surface area contributed by atoms with Crippen molar-refractivity contribution in [2.24, 2.45) is 0 Å². The summed E-state index contributed by atoms with van der Waals surface area (Å²) in [4.78, 5) is 0.880. The molecule has 3 nitrogen and oxygen atoms in total. The van der Waals surface area contributed by atoms with E-state index in [4.69, 9.17) is 5.26 Å². The maximum Gasteiger partial charge on any atom is 0.0714 e. The molecule has 20 heavy (non-hydrogen) atoms. The van der Waals surface area contributed by atoms with Gasteiger partial charge >= 0.3 is 0 Å². The molecule has 0 spiro atoms. The summed E-state index contributed by atoms with van der Waals surface area (Å²) in [5, 5.41) is 19.3. The van der Waals surface area contributed by atoms with Gasteiger partial charge in [0, 0.05) is 4.90 Å². The Kier molecular flexibility index (Phi) is 2.75. The van der Waals surface area contributed by atoms with Gasteiger partial charge in [0.2, 0.25) is 0 Å².